The maximum atomic E-state index is 11.5. The van der Waals surface area contributed by atoms with Crippen molar-refractivity contribution in [3.05, 3.63) is 23.8 Å². The molecule has 3 fully saturated rings. The molecule has 0 amide bonds. The highest BCUT2D eigenvalue weighted by Gasteiger charge is 2.58. The van der Waals surface area contributed by atoms with Gasteiger partial charge in [0, 0.05) is 6.92 Å². The maximum absolute atomic E-state index is 11.5. The van der Waals surface area contributed by atoms with Crippen molar-refractivity contribution < 1.29 is 9.53 Å². The Kier molecular flexibility index (Phi) is 6.74. The Bertz CT molecular complexity index is 763. The monoisotopic (exact) mass is 440 g/mol. The molecule has 0 unspecified atom stereocenters. The summed E-state index contributed by atoms with van der Waals surface area (Å²) in [5, 5.41) is 0. The van der Waals surface area contributed by atoms with Crippen LogP contribution in [0.15, 0.2) is 23.8 Å². The lowest BCUT2D eigenvalue weighted by Crippen LogP contribution is -2.50. The first-order chi connectivity index (χ1) is 15.1. The van der Waals surface area contributed by atoms with E-state index in [1.165, 1.54) is 38.5 Å². The minimum absolute atomic E-state index is 0.109. The van der Waals surface area contributed by atoms with Gasteiger partial charge in [-0.2, -0.15) is 0 Å². The molecule has 9 atom stereocenters. The van der Waals surface area contributed by atoms with Gasteiger partial charge in [0.25, 0.3) is 0 Å². The van der Waals surface area contributed by atoms with E-state index in [0.717, 1.165) is 36.5 Å². The van der Waals surface area contributed by atoms with Gasteiger partial charge in [-0.3, -0.25) is 4.79 Å². The molecule has 2 nitrogen and oxygen atoms in total. The third-order valence-electron chi connectivity index (χ3n) is 10.8. The second kappa shape index (κ2) is 8.95. The Morgan fingerprint density at radius 2 is 1.69 bits per heavy atom. The van der Waals surface area contributed by atoms with Gasteiger partial charge in [-0.15, -0.1) is 0 Å². The molecule has 0 aromatic carbocycles. The third-order valence-corrected chi connectivity index (χ3v) is 10.8. The molecule has 4 rings (SSSR count). The minimum Gasteiger partial charge on any atom is -0.463 e. The van der Waals surface area contributed by atoms with Gasteiger partial charge in [0.05, 0.1) is 0 Å². The topological polar surface area (TPSA) is 26.3 Å². The standard InChI is InChI=1S/C30H48O2/c1-19(2)20(3)8-9-21(4)26-12-13-27-25-11-10-23-18-24(32-22(5)31)14-16-29(23,6)28(25)15-17-30(26,27)7/h8-9,11,19-21,23-24,26-28H,10,12-18H2,1-7H3/b9-8+/t20-,21-,23+,24+,26-,27+,28+,29+,30-/m1/s1. The summed E-state index contributed by atoms with van der Waals surface area (Å²) in [4.78, 5) is 11.5. The van der Waals surface area contributed by atoms with E-state index in [0.29, 0.717) is 28.6 Å². The zero-order valence-corrected chi connectivity index (χ0v) is 21.8. The summed E-state index contributed by atoms with van der Waals surface area (Å²) in [5.41, 5.74) is 2.70. The summed E-state index contributed by atoms with van der Waals surface area (Å²) in [6.45, 7) is 16.3. The van der Waals surface area contributed by atoms with Crippen LogP contribution in [0.4, 0.5) is 0 Å². The predicted octanol–water partition coefficient (Wildman–Crippen LogP) is 7.98. The van der Waals surface area contributed by atoms with Crippen LogP contribution in [0.1, 0.15) is 99.8 Å². The van der Waals surface area contributed by atoms with Crippen LogP contribution in [0.25, 0.3) is 0 Å². The fraction of sp³-hybridized carbons (Fsp3) is 0.833. The molecule has 4 aliphatic rings. The van der Waals surface area contributed by atoms with Crippen molar-refractivity contribution in [3.8, 4) is 0 Å². The number of allylic oxidation sites excluding steroid dienone is 4. The van der Waals surface area contributed by atoms with E-state index >= 15 is 0 Å². The van der Waals surface area contributed by atoms with Gasteiger partial charge in [0.15, 0.2) is 0 Å². The molecular formula is C30H48O2. The normalized spacial score (nSPS) is 43.2. The Morgan fingerprint density at radius 1 is 1.00 bits per heavy atom. The maximum Gasteiger partial charge on any atom is 0.302 e. The number of hydrogen-bond acceptors (Lipinski definition) is 2. The average Bonchev–Trinajstić information content (AvgIpc) is 3.08. The van der Waals surface area contributed by atoms with E-state index in [9.17, 15) is 4.79 Å². The number of hydrogen-bond donors (Lipinski definition) is 0. The van der Waals surface area contributed by atoms with E-state index in [4.69, 9.17) is 4.74 Å². The zero-order valence-electron chi connectivity index (χ0n) is 21.8. The van der Waals surface area contributed by atoms with Gasteiger partial charge >= 0.3 is 5.97 Å². The molecule has 0 heterocycles. The van der Waals surface area contributed by atoms with Crippen LogP contribution in [-0.2, 0) is 9.53 Å². The van der Waals surface area contributed by atoms with Crippen molar-refractivity contribution in [3.63, 3.8) is 0 Å². The van der Waals surface area contributed by atoms with Crippen molar-refractivity contribution in [2.45, 2.75) is 106 Å². The Labute approximate surface area is 197 Å². The summed E-state index contributed by atoms with van der Waals surface area (Å²) < 4.78 is 5.64. The lowest BCUT2D eigenvalue weighted by atomic mass is 9.47. The first-order valence-electron chi connectivity index (χ1n) is 13.6. The van der Waals surface area contributed by atoms with E-state index in [-0.39, 0.29) is 12.1 Å². The van der Waals surface area contributed by atoms with E-state index in [1.54, 1.807) is 6.92 Å². The highest BCUT2D eigenvalue weighted by molar-refractivity contribution is 5.66. The molecule has 0 radical (unpaired) electrons. The van der Waals surface area contributed by atoms with Crippen molar-refractivity contribution in [2.24, 2.45) is 52.3 Å². The van der Waals surface area contributed by atoms with Crippen LogP contribution in [0.5, 0.6) is 0 Å². The van der Waals surface area contributed by atoms with Crippen molar-refractivity contribution in [2.75, 3.05) is 0 Å². The van der Waals surface area contributed by atoms with Gasteiger partial charge in [-0.05, 0) is 104 Å². The van der Waals surface area contributed by atoms with Gasteiger partial charge in [0.2, 0.25) is 0 Å². The number of carbonyl (C=O) groups is 1. The van der Waals surface area contributed by atoms with E-state index in [2.05, 4.69) is 59.8 Å². The van der Waals surface area contributed by atoms with Crippen LogP contribution in [0.3, 0.4) is 0 Å². The molecule has 180 valence electrons. The van der Waals surface area contributed by atoms with Crippen LogP contribution in [-0.4, -0.2) is 12.1 Å². The molecule has 0 aliphatic heterocycles. The Morgan fingerprint density at radius 3 is 2.38 bits per heavy atom. The van der Waals surface area contributed by atoms with Gasteiger partial charge in [0.1, 0.15) is 6.10 Å². The minimum atomic E-state index is -0.109. The predicted molar refractivity (Wildman–Crippen MR) is 133 cm³/mol. The van der Waals surface area contributed by atoms with Gasteiger partial charge in [-0.1, -0.05) is 65.3 Å². The third kappa shape index (κ3) is 4.14. The van der Waals surface area contributed by atoms with Gasteiger partial charge < -0.3 is 4.74 Å². The highest BCUT2D eigenvalue weighted by atomic mass is 16.5. The molecule has 0 aromatic heterocycles. The molecule has 0 N–H and O–H groups in total. The fourth-order valence-corrected chi connectivity index (χ4v) is 8.43. The number of carbonyl (C=O) groups excluding carboxylic acids is 1. The molecule has 0 saturated heterocycles. The fourth-order valence-electron chi connectivity index (χ4n) is 8.43. The molecule has 2 heteroatoms. The largest absolute Gasteiger partial charge is 0.463 e. The van der Waals surface area contributed by atoms with E-state index in [1.807, 2.05) is 5.57 Å². The summed E-state index contributed by atoms with van der Waals surface area (Å²) in [5.74, 6) is 4.98. The lowest BCUT2D eigenvalue weighted by Gasteiger charge is -2.58. The van der Waals surface area contributed by atoms with Crippen molar-refractivity contribution in [1.29, 1.82) is 0 Å². The smallest absolute Gasteiger partial charge is 0.302 e. The molecule has 4 aliphatic carbocycles. The zero-order chi connectivity index (χ0) is 23.3. The Balaban J connectivity index is 1.51. The molecule has 32 heavy (non-hydrogen) atoms. The summed E-state index contributed by atoms with van der Waals surface area (Å²) in [6.07, 6.45) is 17.9. The van der Waals surface area contributed by atoms with Crippen LogP contribution >= 0.6 is 0 Å². The Hall–Kier alpha value is -1.05. The number of ether oxygens (including phenoxy) is 1. The quantitative estimate of drug-likeness (QED) is 0.320. The van der Waals surface area contributed by atoms with Crippen LogP contribution in [0.2, 0.25) is 0 Å². The first-order valence-corrected chi connectivity index (χ1v) is 13.6. The van der Waals surface area contributed by atoms with Crippen molar-refractivity contribution in [1.82, 2.24) is 0 Å². The molecular weight excluding hydrogens is 392 g/mol. The lowest BCUT2D eigenvalue weighted by molar-refractivity contribution is -0.152. The summed E-state index contributed by atoms with van der Waals surface area (Å²) in [6, 6.07) is 0. The SMILES string of the molecule is CC(=O)O[C@H]1CC[C@@]2(C)[C@@H](CC=C3[C@@H]2CC[C@]2(C)[C@@H]([C@H](C)/C=C/[C@@H](C)C(C)C)CC[C@@H]32)C1. The number of rotatable bonds is 5. The molecule has 0 bridgehead atoms. The summed E-state index contributed by atoms with van der Waals surface area (Å²) >= 11 is 0. The van der Waals surface area contributed by atoms with E-state index < -0.39 is 0 Å². The molecule has 3 saturated carbocycles. The second-order valence-electron chi connectivity index (χ2n) is 12.8. The molecule has 0 aromatic rings. The molecule has 0 spiro atoms. The first kappa shape index (κ1) is 24.1. The van der Waals surface area contributed by atoms with Crippen LogP contribution in [0, 0.1) is 52.3 Å². The van der Waals surface area contributed by atoms with Gasteiger partial charge in [-0.25, -0.2) is 0 Å². The van der Waals surface area contributed by atoms with Crippen LogP contribution < -0.4 is 0 Å². The second-order valence-corrected chi connectivity index (χ2v) is 12.8. The number of fused-ring (bicyclic) bond motifs is 5. The summed E-state index contributed by atoms with van der Waals surface area (Å²) in [7, 11) is 0. The van der Waals surface area contributed by atoms with Crippen molar-refractivity contribution >= 4 is 5.97 Å². The number of esters is 1. The average molecular weight is 441 g/mol. The highest BCUT2D eigenvalue weighted by Crippen LogP contribution is 2.66.